The summed E-state index contributed by atoms with van der Waals surface area (Å²) < 4.78 is 32.7. The molecule has 0 saturated heterocycles. The van der Waals surface area contributed by atoms with Gasteiger partial charge in [-0.25, -0.2) is 4.57 Å². The van der Waals surface area contributed by atoms with Crippen molar-refractivity contribution < 1.29 is 37.6 Å². The Balaban J connectivity index is 3.70. The Morgan fingerprint density at radius 1 is 0.500 bits per heavy atom. The molecule has 0 aromatic carbocycles. The molecule has 0 aliphatic heterocycles. The predicted octanol–water partition coefficient (Wildman–Crippen LogP) is 15.5. The summed E-state index contributed by atoms with van der Waals surface area (Å²) in [4.78, 5) is 34.7. The molecule has 3 N–H and O–H groups in total. The van der Waals surface area contributed by atoms with E-state index < -0.39 is 26.5 Å². The molecule has 0 saturated carbocycles. The van der Waals surface area contributed by atoms with Crippen molar-refractivity contribution in [1.82, 2.24) is 0 Å². The van der Waals surface area contributed by atoms with E-state index in [1.165, 1.54) is 141 Å². The van der Waals surface area contributed by atoms with Crippen molar-refractivity contribution in [2.45, 2.75) is 245 Å². The van der Waals surface area contributed by atoms with Crippen LogP contribution in [0.2, 0.25) is 0 Å². The number of carbonyl (C=O) groups excluding carboxylic acids is 2. The Hall–Kier alpha value is -2.03. The first-order valence-electron chi connectivity index (χ1n) is 25.6. The number of phosphoric ester groups is 1. The molecule has 62 heavy (non-hydrogen) atoms. The van der Waals surface area contributed by atoms with E-state index in [0.717, 1.165) is 64.2 Å². The van der Waals surface area contributed by atoms with E-state index in [4.69, 9.17) is 24.3 Å². The lowest BCUT2D eigenvalue weighted by molar-refractivity contribution is -0.161. The topological polar surface area (TPSA) is 134 Å². The molecule has 2 unspecified atom stereocenters. The average molecular weight is 894 g/mol. The summed E-state index contributed by atoms with van der Waals surface area (Å²) >= 11 is 0. The molecule has 0 amide bonds. The van der Waals surface area contributed by atoms with Crippen LogP contribution in [0.3, 0.4) is 0 Å². The summed E-state index contributed by atoms with van der Waals surface area (Å²) in [5.41, 5.74) is 5.34. The van der Waals surface area contributed by atoms with Crippen LogP contribution >= 0.6 is 7.82 Å². The molecule has 0 radical (unpaired) electrons. The van der Waals surface area contributed by atoms with Crippen LogP contribution in [0.25, 0.3) is 0 Å². The molecule has 10 heteroatoms. The maximum Gasteiger partial charge on any atom is 0.472 e. The lowest BCUT2D eigenvalue weighted by atomic mass is 10.0. The van der Waals surface area contributed by atoms with Gasteiger partial charge < -0.3 is 20.1 Å². The number of allylic oxidation sites excluding steroid dienone is 8. The third kappa shape index (κ3) is 47.4. The van der Waals surface area contributed by atoms with Crippen molar-refractivity contribution in [2.75, 3.05) is 26.4 Å². The van der Waals surface area contributed by atoms with Crippen LogP contribution in [0.15, 0.2) is 48.6 Å². The maximum atomic E-state index is 12.6. The lowest BCUT2D eigenvalue weighted by Gasteiger charge is -2.19. The van der Waals surface area contributed by atoms with Crippen molar-refractivity contribution in [1.29, 1.82) is 0 Å². The zero-order valence-corrected chi connectivity index (χ0v) is 41.0. The largest absolute Gasteiger partial charge is 0.472 e. The first-order valence-corrected chi connectivity index (χ1v) is 27.1. The van der Waals surface area contributed by atoms with Crippen molar-refractivity contribution in [3.63, 3.8) is 0 Å². The van der Waals surface area contributed by atoms with Gasteiger partial charge in [-0.2, -0.15) is 0 Å². The van der Waals surface area contributed by atoms with Gasteiger partial charge in [-0.05, 0) is 51.4 Å². The minimum Gasteiger partial charge on any atom is -0.462 e. The van der Waals surface area contributed by atoms with Gasteiger partial charge in [0.2, 0.25) is 0 Å². The number of phosphoric acid groups is 1. The van der Waals surface area contributed by atoms with Crippen LogP contribution in [-0.2, 0) is 32.7 Å². The first kappa shape index (κ1) is 60.0. The van der Waals surface area contributed by atoms with E-state index in [1.807, 2.05) is 0 Å². The standard InChI is InChI=1S/C52H96NO8P/c1-3-5-7-9-11-12-13-14-15-16-17-18-19-20-21-22-23-24-25-26-27-28-29-30-31-32-33-34-35-36-37-38-39-41-43-45-52(55)61-50(49-60-62(56,57)59-47-46-53)48-58-51(54)44-42-40-10-8-6-4-2/h5,7,11-12,14-15,17-18,50H,3-4,6,8-10,13,16,19-49,53H2,1-2H3,(H,56,57)/b7-5-,12-11-,15-14-,18-17-. The van der Waals surface area contributed by atoms with E-state index in [2.05, 4.69) is 62.5 Å². The number of rotatable bonds is 48. The van der Waals surface area contributed by atoms with Gasteiger partial charge in [0, 0.05) is 19.4 Å². The molecule has 0 aliphatic rings. The zero-order valence-electron chi connectivity index (χ0n) is 40.1. The van der Waals surface area contributed by atoms with E-state index >= 15 is 0 Å². The molecular formula is C52H96NO8P. The molecule has 2 atom stereocenters. The van der Waals surface area contributed by atoms with Gasteiger partial charge in [0.25, 0.3) is 0 Å². The van der Waals surface area contributed by atoms with Gasteiger partial charge >= 0.3 is 19.8 Å². The second-order valence-electron chi connectivity index (χ2n) is 17.0. The lowest BCUT2D eigenvalue weighted by Crippen LogP contribution is -2.29. The summed E-state index contributed by atoms with van der Waals surface area (Å²) in [6, 6.07) is 0. The van der Waals surface area contributed by atoms with Crippen LogP contribution in [-0.4, -0.2) is 49.3 Å². The fourth-order valence-corrected chi connectivity index (χ4v) is 7.98. The molecule has 0 bridgehead atoms. The highest BCUT2D eigenvalue weighted by Gasteiger charge is 2.26. The Labute approximate surface area is 381 Å². The average Bonchev–Trinajstić information content (AvgIpc) is 3.26. The SMILES string of the molecule is CC/C=C\C/C=C\C/C=C\C/C=C\CCCCCCCCCCCCCCCCCCCCCCCCC(=O)OC(COC(=O)CCCCCCCC)COP(=O)(O)OCCN. The molecule has 0 aliphatic carbocycles. The Morgan fingerprint density at radius 2 is 0.887 bits per heavy atom. The second kappa shape index (κ2) is 48.4. The van der Waals surface area contributed by atoms with Crippen LogP contribution < -0.4 is 5.73 Å². The minimum atomic E-state index is -4.37. The smallest absolute Gasteiger partial charge is 0.462 e. The molecule has 0 aromatic rings. The van der Waals surface area contributed by atoms with Crippen molar-refractivity contribution >= 4 is 19.8 Å². The molecular weight excluding hydrogens is 798 g/mol. The summed E-state index contributed by atoms with van der Waals surface area (Å²) in [6.07, 6.45) is 57.9. The highest BCUT2D eigenvalue weighted by Crippen LogP contribution is 2.43. The number of ether oxygens (including phenoxy) is 2. The van der Waals surface area contributed by atoms with Crippen LogP contribution in [0.1, 0.15) is 239 Å². The van der Waals surface area contributed by atoms with Crippen LogP contribution in [0.4, 0.5) is 0 Å². The first-order chi connectivity index (χ1) is 30.3. The van der Waals surface area contributed by atoms with Crippen LogP contribution in [0.5, 0.6) is 0 Å². The highest BCUT2D eigenvalue weighted by molar-refractivity contribution is 7.47. The van der Waals surface area contributed by atoms with Gasteiger partial charge in [0.05, 0.1) is 13.2 Å². The van der Waals surface area contributed by atoms with Gasteiger partial charge in [0.15, 0.2) is 6.10 Å². The van der Waals surface area contributed by atoms with Gasteiger partial charge in [-0.3, -0.25) is 18.6 Å². The fourth-order valence-electron chi connectivity index (χ4n) is 7.22. The molecule has 0 fully saturated rings. The zero-order chi connectivity index (χ0) is 45.3. The summed E-state index contributed by atoms with van der Waals surface area (Å²) in [7, 11) is -4.37. The molecule has 0 heterocycles. The monoisotopic (exact) mass is 894 g/mol. The third-order valence-electron chi connectivity index (χ3n) is 11.0. The molecule has 0 aromatic heterocycles. The number of esters is 2. The van der Waals surface area contributed by atoms with Crippen molar-refractivity contribution in [2.24, 2.45) is 5.73 Å². The summed E-state index contributed by atoms with van der Waals surface area (Å²) in [5, 5.41) is 0. The Kier molecular flexibility index (Phi) is 46.8. The number of hydrogen-bond acceptors (Lipinski definition) is 8. The van der Waals surface area contributed by atoms with E-state index in [0.29, 0.717) is 6.42 Å². The fraction of sp³-hybridized carbons (Fsp3) is 0.808. The Bertz CT molecular complexity index is 1160. The summed E-state index contributed by atoms with van der Waals surface area (Å²) in [5.74, 6) is -0.830. The number of nitrogens with two attached hydrogens (primary N) is 1. The number of hydrogen-bond donors (Lipinski definition) is 2. The van der Waals surface area contributed by atoms with Crippen LogP contribution in [0, 0.1) is 0 Å². The van der Waals surface area contributed by atoms with Gasteiger partial charge in [-0.1, -0.05) is 223 Å². The van der Waals surface area contributed by atoms with Crippen molar-refractivity contribution in [3.05, 3.63) is 48.6 Å². The van der Waals surface area contributed by atoms with Gasteiger partial charge in [-0.15, -0.1) is 0 Å². The van der Waals surface area contributed by atoms with E-state index in [-0.39, 0.29) is 38.6 Å². The molecule has 362 valence electrons. The second-order valence-corrected chi connectivity index (χ2v) is 18.5. The normalized spacial score (nSPS) is 13.5. The Morgan fingerprint density at radius 3 is 1.32 bits per heavy atom. The summed E-state index contributed by atoms with van der Waals surface area (Å²) in [6.45, 7) is 3.57. The molecule has 0 rings (SSSR count). The quantitative estimate of drug-likeness (QED) is 0.0265. The third-order valence-corrected chi connectivity index (χ3v) is 12.0. The number of unbranched alkanes of at least 4 members (excludes halogenated alkanes) is 27. The minimum absolute atomic E-state index is 0.0550. The van der Waals surface area contributed by atoms with Gasteiger partial charge in [0.1, 0.15) is 6.61 Å². The van der Waals surface area contributed by atoms with Crippen molar-refractivity contribution in [3.8, 4) is 0 Å². The van der Waals surface area contributed by atoms with E-state index in [9.17, 15) is 19.0 Å². The van der Waals surface area contributed by atoms with E-state index in [1.54, 1.807) is 0 Å². The molecule has 9 nitrogen and oxygen atoms in total. The maximum absolute atomic E-state index is 12.6. The highest BCUT2D eigenvalue weighted by atomic mass is 31.2. The number of carbonyl (C=O) groups is 2. The molecule has 0 spiro atoms. The predicted molar refractivity (Wildman–Crippen MR) is 261 cm³/mol.